The molecule has 1 aliphatic heterocycles. The van der Waals surface area contributed by atoms with Crippen LogP contribution in [0, 0.1) is 5.41 Å². The third kappa shape index (κ3) is 3.48. The Morgan fingerprint density at radius 3 is 2.45 bits per heavy atom. The number of aromatic amines is 1. The van der Waals surface area contributed by atoms with Gasteiger partial charge in [0, 0.05) is 33.8 Å². The fourth-order valence-corrected chi connectivity index (χ4v) is 3.99. The van der Waals surface area contributed by atoms with Crippen molar-refractivity contribution in [3.63, 3.8) is 0 Å². The van der Waals surface area contributed by atoms with E-state index in [4.69, 9.17) is 4.74 Å². The molecule has 1 aromatic heterocycles. The van der Waals surface area contributed by atoms with Crippen LogP contribution in [0.15, 0.2) is 66.1 Å². The van der Waals surface area contributed by atoms with Crippen LogP contribution in [0.3, 0.4) is 0 Å². The second-order valence-corrected chi connectivity index (χ2v) is 8.64. The number of H-pyrrole nitrogens is 1. The number of carbonyl (C=O) groups is 2. The van der Waals surface area contributed by atoms with Crippen LogP contribution in [0.1, 0.15) is 39.3 Å². The number of Topliss-reactive ketones (excluding diaryl/α,β-unsaturated/α-hetero) is 1. The number of anilines is 1. The molecule has 6 heteroatoms. The second kappa shape index (κ2) is 7.61. The number of amides is 1. The highest BCUT2D eigenvalue weighted by molar-refractivity contribution is 6.18. The van der Waals surface area contributed by atoms with Gasteiger partial charge in [0.25, 0.3) is 5.91 Å². The minimum atomic E-state index is -0.761. The third-order valence-corrected chi connectivity index (χ3v) is 5.48. The van der Waals surface area contributed by atoms with Crippen LogP contribution in [0.25, 0.3) is 10.9 Å². The van der Waals surface area contributed by atoms with Gasteiger partial charge in [0.2, 0.25) is 0 Å². The Morgan fingerprint density at radius 2 is 1.81 bits per heavy atom. The fourth-order valence-electron chi connectivity index (χ4n) is 3.99. The Kier molecular flexibility index (Phi) is 5.09. The summed E-state index contributed by atoms with van der Waals surface area (Å²) in [6.07, 6.45) is 1.80. The van der Waals surface area contributed by atoms with Crippen LogP contribution < -0.4 is 9.64 Å². The number of aromatic nitrogens is 1. The van der Waals surface area contributed by atoms with Gasteiger partial charge in [-0.25, -0.2) is 0 Å². The van der Waals surface area contributed by atoms with Crippen LogP contribution in [-0.4, -0.2) is 28.4 Å². The van der Waals surface area contributed by atoms with Crippen LogP contribution in [0.2, 0.25) is 0 Å². The van der Waals surface area contributed by atoms with Gasteiger partial charge in [0.15, 0.2) is 11.5 Å². The molecular weight excluding hydrogens is 392 g/mol. The van der Waals surface area contributed by atoms with Crippen molar-refractivity contribution in [2.45, 2.75) is 33.7 Å². The number of ketones is 1. The maximum absolute atomic E-state index is 13.4. The van der Waals surface area contributed by atoms with Gasteiger partial charge in [-0.3, -0.25) is 14.5 Å². The molecule has 1 atom stereocenters. The highest BCUT2D eigenvalue weighted by Gasteiger charge is 2.47. The summed E-state index contributed by atoms with van der Waals surface area (Å²) in [6.45, 7) is 7.79. The van der Waals surface area contributed by atoms with Crippen LogP contribution in [0.4, 0.5) is 5.69 Å². The number of hydrogen-bond donors (Lipinski definition) is 2. The molecule has 2 N–H and O–H groups in total. The minimum absolute atomic E-state index is 0.121. The lowest BCUT2D eigenvalue weighted by atomic mass is 9.82. The van der Waals surface area contributed by atoms with Crippen molar-refractivity contribution in [3.05, 3.63) is 71.6 Å². The third-order valence-electron chi connectivity index (χ3n) is 5.48. The van der Waals surface area contributed by atoms with Gasteiger partial charge in [0.1, 0.15) is 5.75 Å². The van der Waals surface area contributed by atoms with Crippen molar-refractivity contribution in [3.8, 4) is 5.75 Å². The fraction of sp³-hybridized carbons (Fsp3) is 0.280. The maximum Gasteiger partial charge on any atom is 0.294 e. The standard InChI is InChI=1S/C25H26N2O4/c1-5-31-16-12-10-15(11-13-16)27-21(18-14-26-19-9-7-6-8-17(18)19)20(22(28)24(27)30)23(29)25(2,3)4/h6-14,21,26,28H,5H2,1-4H3. The predicted octanol–water partition coefficient (Wildman–Crippen LogP) is 5.08. The van der Waals surface area contributed by atoms with Crippen molar-refractivity contribution < 1.29 is 19.4 Å². The summed E-state index contributed by atoms with van der Waals surface area (Å²) in [4.78, 5) is 31.3. The van der Waals surface area contributed by atoms with Gasteiger partial charge < -0.3 is 14.8 Å². The zero-order valence-corrected chi connectivity index (χ0v) is 18.1. The first-order valence-electron chi connectivity index (χ1n) is 10.3. The summed E-state index contributed by atoms with van der Waals surface area (Å²) < 4.78 is 5.51. The van der Waals surface area contributed by atoms with E-state index >= 15 is 0 Å². The van der Waals surface area contributed by atoms with E-state index < -0.39 is 23.1 Å². The quantitative estimate of drug-likeness (QED) is 0.605. The molecule has 0 bridgehead atoms. The van der Waals surface area contributed by atoms with Crippen LogP contribution in [-0.2, 0) is 9.59 Å². The molecule has 4 rings (SSSR count). The molecule has 0 spiro atoms. The molecule has 31 heavy (non-hydrogen) atoms. The molecule has 0 aliphatic carbocycles. The lowest BCUT2D eigenvalue weighted by molar-refractivity contribution is -0.123. The number of rotatable bonds is 5. The predicted molar refractivity (Wildman–Crippen MR) is 120 cm³/mol. The average molecular weight is 418 g/mol. The van der Waals surface area contributed by atoms with E-state index in [1.807, 2.05) is 31.2 Å². The highest BCUT2D eigenvalue weighted by atomic mass is 16.5. The Labute approximate surface area is 181 Å². The van der Waals surface area contributed by atoms with Crippen molar-refractivity contribution >= 4 is 28.3 Å². The first kappa shape index (κ1) is 20.7. The van der Waals surface area contributed by atoms with E-state index in [1.54, 1.807) is 51.2 Å². The summed E-state index contributed by atoms with van der Waals surface area (Å²) in [5.74, 6) is -0.664. The zero-order chi connectivity index (χ0) is 22.3. The number of para-hydroxylation sites is 1. The van der Waals surface area contributed by atoms with Crippen molar-refractivity contribution in [1.29, 1.82) is 0 Å². The molecule has 0 saturated heterocycles. The van der Waals surface area contributed by atoms with Crippen molar-refractivity contribution in [1.82, 2.24) is 4.98 Å². The van der Waals surface area contributed by atoms with E-state index in [-0.39, 0.29) is 11.4 Å². The Balaban J connectivity index is 1.90. The summed E-state index contributed by atoms with van der Waals surface area (Å²) in [5, 5.41) is 11.7. The number of carbonyl (C=O) groups excluding carboxylic acids is 2. The topological polar surface area (TPSA) is 82.6 Å². The Hall–Kier alpha value is -3.54. The normalized spacial score (nSPS) is 17.0. The van der Waals surface area contributed by atoms with E-state index in [2.05, 4.69) is 4.98 Å². The molecule has 160 valence electrons. The van der Waals surface area contributed by atoms with E-state index in [0.29, 0.717) is 18.0 Å². The van der Waals surface area contributed by atoms with E-state index in [0.717, 1.165) is 16.5 Å². The number of benzene rings is 2. The van der Waals surface area contributed by atoms with Gasteiger partial charge in [0.05, 0.1) is 18.2 Å². The van der Waals surface area contributed by atoms with Gasteiger partial charge in [-0.05, 0) is 37.3 Å². The van der Waals surface area contributed by atoms with Gasteiger partial charge in [-0.15, -0.1) is 0 Å². The van der Waals surface area contributed by atoms with E-state index in [1.165, 1.54) is 4.90 Å². The molecule has 0 fully saturated rings. The van der Waals surface area contributed by atoms with Crippen LogP contribution >= 0.6 is 0 Å². The summed E-state index contributed by atoms with van der Waals surface area (Å²) in [7, 11) is 0. The number of nitrogens with one attached hydrogen (secondary N) is 1. The molecular formula is C25H26N2O4. The number of aliphatic hydroxyl groups is 1. The molecule has 1 aliphatic rings. The number of ether oxygens (including phenoxy) is 1. The van der Waals surface area contributed by atoms with Crippen LogP contribution in [0.5, 0.6) is 5.75 Å². The van der Waals surface area contributed by atoms with Crippen molar-refractivity contribution in [2.75, 3.05) is 11.5 Å². The van der Waals surface area contributed by atoms with Gasteiger partial charge >= 0.3 is 0 Å². The molecule has 6 nitrogen and oxygen atoms in total. The molecule has 2 heterocycles. The number of nitrogens with zero attached hydrogens (tertiary/aromatic N) is 1. The molecule has 3 aromatic rings. The maximum atomic E-state index is 13.4. The van der Waals surface area contributed by atoms with Gasteiger partial charge in [-0.2, -0.15) is 0 Å². The molecule has 1 amide bonds. The first-order chi connectivity index (χ1) is 14.7. The van der Waals surface area contributed by atoms with Crippen molar-refractivity contribution in [2.24, 2.45) is 5.41 Å². The molecule has 1 unspecified atom stereocenters. The summed E-state index contributed by atoms with van der Waals surface area (Å²) in [6, 6.07) is 14.0. The minimum Gasteiger partial charge on any atom is -0.503 e. The summed E-state index contributed by atoms with van der Waals surface area (Å²) >= 11 is 0. The molecule has 2 aromatic carbocycles. The summed E-state index contributed by atoms with van der Waals surface area (Å²) in [5.41, 5.74) is 1.59. The Morgan fingerprint density at radius 1 is 1.13 bits per heavy atom. The lowest BCUT2D eigenvalue weighted by Gasteiger charge is -2.28. The van der Waals surface area contributed by atoms with E-state index in [9.17, 15) is 14.7 Å². The molecule has 0 saturated carbocycles. The number of aliphatic hydroxyl groups excluding tert-OH is 1. The highest BCUT2D eigenvalue weighted by Crippen LogP contribution is 2.45. The largest absolute Gasteiger partial charge is 0.503 e. The monoisotopic (exact) mass is 418 g/mol. The SMILES string of the molecule is CCOc1ccc(N2C(=O)C(O)=C(C(=O)C(C)(C)C)C2c2c[nH]c3ccccc23)cc1. The number of hydrogen-bond acceptors (Lipinski definition) is 4. The molecule has 0 radical (unpaired) electrons. The number of fused-ring (bicyclic) bond motifs is 1. The Bertz CT molecular complexity index is 1180. The zero-order valence-electron chi connectivity index (χ0n) is 18.1. The average Bonchev–Trinajstić information content (AvgIpc) is 3.27. The smallest absolute Gasteiger partial charge is 0.294 e. The van der Waals surface area contributed by atoms with Gasteiger partial charge in [-0.1, -0.05) is 39.0 Å². The second-order valence-electron chi connectivity index (χ2n) is 8.64. The first-order valence-corrected chi connectivity index (χ1v) is 10.3. The lowest BCUT2D eigenvalue weighted by Crippen LogP contribution is -2.32.